The number of aliphatic carboxylic acids is 1. The van der Waals surface area contributed by atoms with E-state index in [1.807, 2.05) is 0 Å². The molecule has 1 atom stereocenters. The Bertz CT molecular complexity index is 723. The Morgan fingerprint density at radius 2 is 1.78 bits per heavy atom. The molecule has 126 valence electrons. The third kappa shape index (κ3) is 3.24. The first kappa shape index (κ1) is 17.5. The molecule has 1 fully saturated rings. The van der Waals surface area contributed by atoms with Crippen molar-refractivity contribution in [2.24, 2.45) is 5.41 Å². The summed E-state index contributed by atoms with van der Waals surface area (Å²) in [6, 6.07) is 5.81. The lowest BCUT2D eigenvalue weighted by atomic mass is 9.90. The lowest BCUT2D eigenvalue weighted by Crippen LogP contribution is -2.34. The predicted molar refractivity (Wildman–Crippen MR) is 85.0 cm³/mol. The van der Waals surface area contributed by atoms with Crippen LogP contribution in [0.15, 0.2) is 29.2 Å². The van der Waals surface area contributed by atoms with Crippen molar-refractivity contribution in [3.63, 3.8) is 0 Å². The van der Waals surface area contributed by atoms with E-state index in [1.54, 1.807) is 20.8 Å². The van der Waals surface area contributed by atoms with E-state index in [1.165, 1.54) is 29.2 Å². The molecule has 0 aliphatic carbocycles. The molecule has 0 radical (unpaired) electrons. The molecule has 1 aromatic carbocycles. The van der Waals surface area contributed by atoms with Gasteiger partial charge in [0.1, 0.15) is 0 Å². The summed E-state index contributed by atoms with van der Waals surface area (Å²) >= 11 is 0. The molecular formula is C16H21NO5S. The van der Waals surface area contributed by atoms with Crippen molar-refractivity contribution in [3.8, 4) is 0 Å². The molecule has 0 aromatic heterocycles. The number of nitrogens with zero attached hydrogens (tertiary/aromatic N) is 1. The van der Waals surface area contributed by atoms with Gasteiger partial charge in [0.2, 0.25) is 0 Å². The van der Waals surface area contributed by atoms with E-state index in [0.717, 1.165) is 0 Å². The van der Waals surface area contributed by atoms with E-state index < -0.39 is 26.5 Å². The highest BCUT2D eigenvalue weighted by molar-refractivity contribution is 7.92. The van der Waals surface area contributed by atoms with Gasteiger partial charge in [0.15, 0.2) is 9.84 Å². The van der Waals surface area contributed by atoms with Crippen LogP contribution in [0.3, 0.4) is 0 Å². The zero-order valence-electron chi connectivity index (χ0n) is 13.4. The molecule has 0 spiro atoms. The molecule has 7 heteroatoms. The number of carbonyl (C=O) groups is 2. The topological polar surface area (TPSA) is 91.8 Å². The average Bonchev–Trinajstić information content (AvgIpc) is 2.90. The number of amides is 1. The number of sulfone groups is 1. The molecule has 0 saturated carbocycles. The van der Waals surface area contributed by atoms with Crippen LogP contribution < -0.4 is 0 Å². The summed E-state index contributed by atoms with van der Waals surface area (Å²) in [7, 11) is -3.37. The van der Waals surface area contributed by atoms with Gasteiger partial charge in [0, 0.05) is 18.7 Å². The summed E-state index contributed by atoms with van der Waals surface area (Å²) in [4.78, 5) is 25.4. The van der Waals surface area contributed by atoms with Gasteiger partial charge in [0.05, 0.1) is 15.6 Å². The minimum absolute atomic E-state index is 0.160. The zero-order valence-corrected chi connectivity index (χ0v) is 14.3. The number of carboxylic acid groups (broad SMARTS) is 1. The second kappa shape index (κ2) is 5.96. The Morgan fingerprint density at radius 3 is 2.22 bits per heavy atom. The van der Waals surface area contributed by atoms with Crippen LogP contribution in [0.2, 0.25) is 0 Å². The molecule has 1 aliphatic heterocycles. The van der Waals surface area contributed by atoms with Gasteiger partial charge in [0.25, 0.3) is 5.91 Å². The van der Waals surface area contributed by atoms with Crippen LogP contribution in [0.25, 0.3) is 0 Å². The largest absolute Gasteiger partial charge is 0.481 e. The quantitative estimate of drug-likeness (QED) is 0.903. The maximum absolute atomic E-state index is 12.4. The van der Waals surface area contributed by atoms with Crippen LogP contribution in [0.4, 0.5) is 0 Å². The van der Waals surface area contributed by atoms with E-state index in [4.69, 9.17) is 0 Å². The van der Waals surface area contributed by atoms with Gasteiger partial charge in [-0.05, 0) is 51.5 Å². The average molecular weight is 339 g/mol. The molecule has 0 unspecified atom stereocenters. The first-order valence-electron chi connectivity index (χ1n) is 7.44. The fraction of sp³-hybridized carbons (Fsp3) is 0.500. The number of rotatable bonds is 4. The van der Waals surface area contributed by atoms with E-state index in [0.29, 0.717) is 18.5 Å². The van der Waals surface area contributed by atoms with Crippen molar-refractivity contribution in [1.29, 1.82) is 0 Å². The van der Waals surface area contributed by atoms with Gasteiger partial charge in [-0.25, -0.2) is 8.42 Å². The highest BCUT2D eigenvalue weighted by atomic mass is 32.2. The molecule has 0 bridgehead atoms. The molecule has 1 amide bonds. The van der Waals surface area contributed by atoms with Crippen molar-refractivity contribution in [2.45, 2.75) is 37.3 Å². The van der Waals surface area contributed by atoms with Crippen LogP contribution in [0.1, 0.15) is 37.6 Å². The van der Waals surface area contributed by atoms with Crippen LogP contribution in [-0.2, 0) is 14.6 Å². The predicted octanol–water partition coefficient (Wildman–Crippen LogP) is 1.81. The Kier molecular flexibility index (Phi) is 4.52. The maximum atomic E-state index is 12.4. The fourth-order valence-corrected chi connectivity index (χ4v) is 3.61. The highest BCUT2D eigenvalue weighted by Crippen LogP contribution is 2.31. The van der Waals surface area contributed by atoms with Crippen LogP contribution >= 0.6 is 0 Å². The second-order valence-corrected chi connectivity index (χ2v) is 8.96. The third-order valence-electron chi connectivity index (χ3n) is 4.33. The van der Waals surface area contributed by atoms with E-state index in [9.17, 15) is 23.1 Å². The fourth-order valence-electron chi connectivity index (χ4n) is 2.55. The molecule has 1 aliphatic rings. The van der Waals surface area contributed by atoms with Gasteiger partial charge in [-0.1, -0.05) is 0 Å². The number of carbonyl (C=O) groups excluding carboxylic acids is 1. The molecule has 1 heterocycles. The molecule has 6 nitrogen and oxygen atoms in total. The SMILES string of the molecule is CC(C)S(=O)(=O)c1ccc(C(=O)N2CC[C@](C)(C(=O)O)C2)cc1. The number of hydrogen-bond acceptors (Lipinski definition) is 4. The lowest BCUT2D eigenvalue weighted by Gasteiger charge is -2.20. The Balaban J connectivity index is 2.18. The Morgan fingerprint density at radius 1 is 1.22 bits per heavy atom. The van der Waals surface area contributed by atoms with E-state index in [2.05, 4.69) is 0 Å². The van der Waals surface area contributed by atoms with Crippen LogP contribution in [0.5, 0.6) is 0 Å². The first-order valence-corrected chi connectivity index (χ1v) is 8.99. The number of likely N-dealkylation sites (tertiary alicyclic amines) is 1. The molecule has 23 heavy (non-hydrogen) atoms. The second-order valence-electron chi connectivity index (χ2n) is 6.46. The van der Waals surface area contributed by atoms with Crippen molar-refractivity contribution >= 4 is 21.7 Å². The molecule has 1 saturated heterocycles. The zero-order chi connectivity index (χ0) is 17.4. The third-order valence-corrected chi connectivity index (χ3v) is 6.50. The minimum atomic E-state index is -3.37. The molecule has 1 aromatic rings. The number of benzene rings is 1. The van der Waals surface area contributed by atoms with Gasteiger partial charge >= 0.3 is 5.97 Å². The Labute approximate surface area is 136 Å². The number of hydrogen-bond donors (Lipinski definition) is 1. The van der Waals surface area contributed by atoms with Crippen LogP contribution in [-0.4, -0.2) is 48.6 Å². The monoisotopic (exact) mass is 339 g/mol. The first-order chi connectivity index (χ1) is 10.6. The van der Waals surface area contributed by atoms with Gasteiger partial charge in [-0.2, -0.15) is 0 Å². The summed E-state index contributed by atoms with van der Waals surface area (Å²) in [5, 5.41) is 8.69. The molecule has 2 rings (SSSR count). The standard InChI is InChI=1S/C16H21NO5S/c1-11(2)23(21,22)13-6-4-12(5-7-13)14(18)17-9-8-16(3,10-17)15(19)20/h4-7,11H,8-10H2,1-3H3,(H,19,20)/t16-/m0/s1. The van der Waals surface area contributed by atoms with Crippen molar-refractivity contribution in [2.75, 3.05) is 13.1 Å². The highest BCUT2D eigenvalue weighted by Gasteiger charge is 2.42. The normalized spacial score (nSPS) is 21.7. The lowest BCUT2D eigenvalue weighted by molar-refractivity contribution is -0.147. The molecular weight excluding hydrogens is 318 g/mol. The van der Waals surface area contributed by atoms with E-state index >= 15 is 0 Å². The summed E-state index contributed by atoms with van der Waals surface area (Å²) < 4.78 is 24.1. The van der Waals surface area contributed by atoms with Crippen molar-refractivity contribution in [3.05, 3.63) is 29.8 Å². The minimum Gasteiger partial charge on any atom is -0.481 e. The summed E-state index contributed by atoms with van der Waals surface area (Å²) in [6.07, 6.45) is 0.411. The number of carboxylic acids is 1. The molecule has 1 N–H and O–H groups in total. The summed E-state index contributed by atoms with van der Waals surface area (Å²) in [5.41, 5.74) is -0.557. The van der Waals surface area contributed by atoms with Gasteiger partial charge in [-0.15, -0.1) is 0 Å². The van der Waals surface area contributed by atoms with Gasteiger partial charge < -0.3 is 10.0 Å². The summed E-state index contributed by atoms with van der Waals surface area (Å²) in [5.74, 6) is -1.19. The maximum Gasteiger partial charge on any atom is 0.311 e. The van der Waals surface area contributed by atoms with Gasteiger partial charge in [-0.3, -0.25) is 9.59 Å². The smallest absolute Gasteiger partial charge is 0.311 e. The van der Waals surface area contributed by atoms with Crippen molar-refractivity contribution in [1.82, 2.24) is 4.90 Å². The van der Waals surface area contributed by atoms with Crippen molar-refractivity contribution < 1.29 is 23.1 Å². The van der Waals surface area contributed by atoms with E-state index in [-0.39, 0.29) is 17.3 Å². The summed E-state index contributed by atoms with van der Waals surface area (Å²) in [6.45, 7) is 5.37. The van der Waals surface area contributed by atoms with Crippen LogP contribution in [0, 0.1) is 5.41 Å². The Hall–Kier alpha value is -1.89.